The minimum Gasteiger partial charge on any atom is -0.396 e. The van der Waals surface area contributed by atoms with Gasteiger partial charge < -0.3 is 10.4 Å². The van der Waals surface area contributed by atoms with Gasteiger partial charge in [-0.25, -0.2) is 4.98 Å². The Morgan fingerprint density at radius 1 is 1.32 bits per heavy atom. The van der Waals surface area contributed by atoms with Crippen LogP contribution in [0.15, 0.2) is 30.3 Å². The molecule has 0 aliphatic rings. The Bertz CT molecular complexity index is 565. The first-order valence-electron chi connectivity index (χ1n) is 7.54. The zero-order valence-corrected chi connectivity index (χ0v) is 15.0. The lowest BCUT2D eigenvalue weighted by Gasteiger charge is -2.21. The van der Waals surface area contributed by atoms with Gasteiger partial charge in [-0.2, -0.15) is 11.8 Å². The molecule has 120 valence electrons. The highest BCUT2D eigenvalue weighted by Crippen LogP contribution is 2.31. The van der Waals surface area contributed by atoms with Crippen molar-refractivity contribution in [1.82, 2.24) is 10.3 Å². The number of aliphatic hydroxyl groups is 1. The second-order valence-electron chi connectivity index (χ2n) is 5.39. The van der Waals surface area contributed by atoms with E-state index in [2.05, 4.69) is 37.6 Å². The molecule has 0 spiro atoms. The molecule has 2 rings (SSSR count). The van der Waals surface area contributed by atoms with Gasteiger partial charge in [-0.3, -0.25) is 0 Å². The predicted octanol–water partition coefficient (Wildman–Crippen LogP) is 3.88. The van der Waals surface area contributed by atoms with Crippen molar-refractivity contribution in [3.63, 3.8) is 0 Å². The highest BCUT2D eigenvalue weighted by atomic mass is 32.2. The van der Waals surface area contributed by atoms with E-state index in [-0.39, 0.29) is 12.6 Å². The first-order valence-corrected chi connectivity index (χ1v) is 9.75. The summed E-state index contributed by atoms with van der Waals surface area (Å²) >= 11 is 3.56. The number of nitrogens with one attached hydrogen (secondary N) is 1. The second kappa shape index (κ2) is 8.67. The number of thiazole rings is 1. The van der Waals surface area contributed by atoms with E-state index in [4.69, 9.17) is 4.98 Å². The van der Waals surface area contributed by atoms with Crippen molar-refractivity contribution in [3.05, 3.63) is 40.9 Å². The average Bonchev–Trinajstić information content (AvgIpc) is 2.91. The summed E-state index contributed by atoms with van der Waals surface area (Å²) in [5, 5.41) is 13.9. The molecule has 5 heteroatoms. The summed E-state index contributed by atoms with van der Waals surface area (Å²) in [7, 11) is 0. The first-order chi connectivity index (χ1) is 10.7. The number of aryl methyl sites for hydroxylation is 1. The normalized spacial score (nSPS) is 14.0. The summed E-state index contributed by atoms with van der Waals surface area (Å²) in [5.41, 5.74) is 2.26. The van der Waals surface area contributed by atoms with Crippen LogP contribution in [0.5, 0.6) is 0 Å². The maximum absolute atomic E-state index is 9.20. The van der Waals surface area contributed by atoms with Crippen LogP contribution in [0.2, 0.25) is 0 Å². The third-order valence-corrected chi connectivity index (χ3v) is 5.70. The smallest absolute Gasteiger partial charge is 0.123 e. The average molecular weight is 337 g/mol. The minimum absolute atomic E-state index is 0.224. The Labute approximate surface area is 141 Å². The molecule has 0 amide bonds. The molecule has 0 aliphatic carbocycles. The van der Waals surface area contributed by atoms with Crippen LogP contribution in [0.3, 0.4) is 0 Å². The molecule has 3 nitrogen and oxygen atoms in total. The van der Waals surface area contributed by atoms with Gasteiger partial charge in [-0.1, -0.05) is 30.3 Å². The van der Waals surface area contributed by atoms with Gasteiger partial charge in [0.15, 0.2) is 0 Å². The molecule has 0 fully saturated rings. The van der Waals surface area contributed by atoms with Crippen LogP contribution >= 0.6 is 23.1 Å². The Kier molecular flexibility index (Phi) is 6.89. The molecular formula is C17H24N2OS2. The molecule has 22 heavy (non-hydrogen) atoms. The number of hydrogen-bond donors (Lipinski definition) is 2. The third kappa shape index (κ3) is 4.56. The van der Waals surface area contributed by atoms with Crippen LogP contribution in [-0.4, -0.2) is 34.7 Å². The number of aliphatic hydroxyl groups excluding tert-OH is 1. The second-order valence-corrected chi connectivity index (χ2v) is 7.33. The van der Waals surface area contributed by atoms with Gasteiger partial charge in [-0.15, -0.1) is 11.3 Å². The van der Waals surface area contributed by atoms with Crippen LogP contribution in [-0.2, 0) is 0 Å². The third-order valence-electron chi connectivity index (χ3n) is 3.58. The van der Waals surface area contributed by atoms with Crippen LogP contribution < -0.4 is 5.32 Å². The summed E-state index contributed by atoms with van der Waals surface area (Å²) < 4.78 is 0. The highest BCUT2D eigenvalue weighted by molar-refractivity contribution is 7.98. The molecule has 2 aromatic rings. The zero-order chi connectivity index (χ0) is 15.9. The lowest BCUT2D eigenvalue weighted by molar-refractivity contribution is 0.266. The SMILES string of the molecule is CSCC(CCO)NC(C)c1sc(-c2ccccc2)nc1C. The Morgan fingerprint density at radius 2 is 2.05 bits per heavy atom. The van der Waals surface area contributed by atoms with Gasteiger partial charge in [0.1, 0.15) is 5.01 Å². The van der Waals surface area contributed by atoms with E-state index in [0.717, 1.165) is 22.9 Å². The maximum Gasteiger partial charge on any atom is 0.123 e. The molecule has 1 aromatic heterocycles. The molecule has 0 saturated heterocycles. The largest absolute Gasteiger partial charge is 0.396 e. The number of rotatable bonds is 8. The lowest BCUT2D eigenvalue weighted by Crippen LogP contribution is -2.34. The Hall–Kier alpha value is -0.880. The summed E-state index contributed by atoms with van der Waals surface area (Å²) in [6.07, 6.45) is 2.89. The van der Waals surface area contributed by atoms with Crippen LogP contribution in [0.4, 0.5) is 0 Å². The monoisotopic (exact) mass is 336 g/mol. The van der Waals surface area contributed by atoms with Gasteiger partial charge in [-0.05, 0) is 26.5 Å². The minimum atomic E-state index is 0.224. The summed E-state index contributed by atoms with van der Waals surface area (Å²) in [6.45, 7) is 4.48. The van der Waals surface area contributed by atoms with E-state index in [1.165, 1.54) is 10.4 Å². The summed E-state index contributed by atoms with van der Waals surface area (Å²) in [4.78, 5) is 6.01. The molecular weight excluding hydrogens is 312 g/mol. The van der Waals surface area contributed by atoms with Crippen molar-refractivity contribution in [2.24, 2.45) is 0 Å². The van der Waals surface area contributed by atoms with Crippen molar-refractivity contribution < 1.29 is 5.11 Å². The molecule has 2 N–H and O–H groups in total. The fourth-order valence-electron chi connectivity index (χ4n) is 2.52. The fourth-order valence-corrected chi connectivity index (χ4v) is 4.26. The highest BCUT2D eigenvalue weighted by Gasteiger charge is 2.18. The summed E-state index contributed by atoms with van der Waals surface area (Å²) in [6, 6.07) is 10.9. The number of nitrogens with zero attached hydrogens (tertiary/aromatic N) is 1. The molecule has 2 atom stereocenters. The van der Waals surface area contributed by atoms with Crippen LogP contribution in [0.25, 0.3) is 10.6 Å². The predicted molar refractivity (Wildman–Crippen MR) is 97.7 cm³/mol. The fraction of sp³-hybridized carbons (Fsp3) is 0.471. The quantitative estimate of drug-likeness (QED) is 0.768. The van der Waals surface area contributed by atoms with Crippen molar-refractivity contribution >= 4 is 23.1 Å². The molecule has 0 saturated carbocycles. The van der Waals surface area contributed by atoms with Crippen molar-refractivity contribution in [2.75, 3.05) is 18.6 Å². The zero-order valence-electron chi connectivity index (χ0n) is 13.4. The number of hydrogen-bond acceptors (Lipinski definition) is 5. The molecule has 0 radical (unpaired) electrons. The molecule has 2 unspecified atom stereocenters. The van der Waals surface area contributed by atoms with Crippen molar-refractivity contribution in [3.8, 4) is 10.6 Å². The van der Waals surface area contributed by atoms with Gasteiger partial charge in [0.2, 0.25) is 0 Å². The van der Waals surface area contributed by atoms with Gasteiger partial charge in [0, 0.05) is 34.9 Å². The molecule has 0 bridgehead atoms. The number of thioether (sulfide) groups is 1. The molecule has 1 aromatic carbocycles. The van der Waals surface area contributed by atoms with Gasteiger partial charge in [0.25, 0.3) is 0 Å². The van der Waals surface area contributed by atoms with E-state index in [9.17, 15) is 5.11 Å². The first kappa shape index (κ1) is 17.5. The standard InChI is InChI=1S/C17H24N2OS2/c1-12(18-15(9-10-20)11-21-3)16-13(2)19-17(22-16)14-7-5-4-6-8-14/h4-8,12,15,18,20H,9-11H2,1-3H3. The number of benzene rings is 1. The lowest BCUT2D eigenvalue weighted by atomic mass is 10.2. The topological polar surface area (TPSA) is 45.1 Å². The van der Waals surface area contributed by atoms with E-state index in [0.29, 0.717) is 6.04 Å². The van der Waals surface area contributed by atoms with Crippen LogP contribution in [0.1, 0.15) is 30.0 Å². The molecule has 0 aliphatic heterocycles. The van der Waals surface area contributed by atoms with Gasteiger partial charge >= 0.3 is 0 Å². The Balaban J connectivity index is 2.13. The van der Waals surface area contributed by atoms with E-state index >= 15 is 0 Å². The number of aromatic nitrogens is 1. The van der Waals surface area contributed by atoms with Crippen molar-refractivity contribution in [1.29, 1.82) is 0 Å². The molecule has 1 heterocycles. The Morgan fingerprint density at radius 3 is 2.68 bits per heavy atom. The van der Waals surface area contributed by atoms with E-state index in [1.807, 2.05) is 30.0 Å². The van der Waals surface area contributed by atoms with Crippen LogP contribution in [0, 0.1) is 6.92 Å². The van der Waals surface area contributed by atoms with E-state index < -0.39 is 0 Å². The van der Waals surface area contributed by atoms with E-state index in [1.54, 1.807) is 11.3 Å². The van der Waals surface area contributed by atoms with Crippen molar-refractivity contribution in [2.45, 2.75) is 32.4 Å². The van der Waals surface area contributed by atoms with Gasteiger partial charge in [0.05, 0.1) is 5.69 Å². The maximum atomic E-state index is 9.20. The summed E-state index contributed by atoms with van der Waals surface area (Å²) in [5.74, 6) is 1.01.